The van der Waals surface area contributed by atoms with E-state index >= 15 is 0 Å². The van der Waals surface area contributed by atoms with Gasteiger partial charge in [-0.15, -0.1) is 0 Å². The third-order valence-corrected chi connectivity index (χ3v) is 5.49. The summed E-state index contributed by atoms with van der Waals surface area (Å²) in [6.45, 7) is 7.83. The number of allylic oxidation sites excluding steroid dienone is 2. The zero-order valence-electron chi connectivity index (χ0n) is 14.8. The fraction of sp³-hybridized carbons (Fsp3) is 0.632. The molecular weight excluding hydrogens is 306 g/mol. The molecule has 2 aliphatic carbocycles. The smallest absolute Gasteiger partial charge is 0.311 e. The quantitative estimate of drug-likeness (QED) is 0.451. The summed E-state index contributed by atoms with van der Waals surface area (Å²) in [5.41, 5.74) is 2.28. The van der Waals surface area contributed by atoms with Gasteiger partial charge in [0.2, 0.25) is 0 Å². The monoisotopic (exact) mass is 331 g/mol. The number of rotatable bonds is 4. The maximum absolute atomic E-state index is 12.4. The highest BCUT2D eigenvalue weighted by Gasteiger charge is 2.61. The molecule has 3 rings (SSSR count). The Morgan fingerprint density at radius 3 is 2.21 bits per heavy atom. The number of carbonyl (C=O) groups is 3. The molecule has 1 fully saturated rings. The van der Waals surface area contributed by atoms with Crippen molar-refractivity contribution in [2.45, 2.75) is 53.4 Å². The number of nitrogens with zero attached hydrogens (tertiary/aromatic N) is 1. The highest BCUT2D eigenvalue weighted by Crippen LogP contribution is 2.59. The Balaban J connectivity index is 1.61. The zero-order valence-corrected chi connectivity index (χ0v) is 14.8. The number of imide groups is 1. The van der Waals surface area contributed by atoms with Gasteiger partial charge in [-0.1, -0.05) is 25.5 Å². The molecule has 0 aromatic heterocycles. The maximum Gasteiger partial charge on any atom is 0.311 e. The molecular formula is C19H25NO4. The van der Waals surface area contributed by atoms with Crippen LogP contribution in [0, 0.1) is 17.3 Å². The molecule has 5 heteroatoms. The second-order valence-corrected chi connectivity index (χ2v) is 7.86. The van der Waals surface area contributed by atoms with Crippen LogP contribution in [0.2, 0.25) is 0 Å². The summed E-state index contributed by atoms with van der Waals surface area (Å²) in [5, 5.41) is 0. The lowest BCUT2D eigenvalue weighted by molar-refractivity contribution is -0.156. The van der Waals surface area contributed by atoms with E-state index in [9.17, 15) is 14.4 Å². The van der Waals surface area contributed by atoms with Crippen molar-refractivity contribution in [3.05, 3.63) is 22.8 Å². The third kappa shape index (κ3) is 2.70. The van der Waals surface area contributed by atoms with Gasteiger partial charge in [-0.3, -0.25) is 14.4 Å². The van der Waals surface area contributed by atoms with Gasteiger partial charge in [0.15, 0.2) is 6.73 Å². The maximum atomic E-state index is 12.4. The van der Waals surface area contributed by atoms with E-state index in [1.54, 1.807) is 0 Å². The van der Waals surface area contributed by atoms with Gasteiger partial charge in [0.1, 0.15) is 0 Å². The number of amides is 2. The van der Waals surface area contributed by atoms with Crippen LogP contribution in [0.15, 0.2) is 22.8 Å². The van der Waals surface area contributed by atoms with Gasteiger partial charge >= 0.3 is 5.97 Å². The minimum absolute atomic E-state index is 0.134. The summed E-state index contributed by atoms with van der Waals surface area (Å²) >= 11 is 0. The molecule has 1 saturated carbocycles. The van der Waals surface area contributed by atoms with E-state index in [4.69, 9.17) is 4.74 Å². The normalized spacial score (nSPS) is 27.9. The predicted octanol–water partition coefficient (Wildman–Crippen LogP) is 2.96. The molecule has 0 spiro atoms. The first-order valence-electron chi connectivity index (χ1n) is 8.65. The van der Waals surface area contributed by atoms with E-state index in [2.05, 4.69) is 6.08 Å². The van der Waals surface area contributed by atoms with Crippen molar-refractivity contribution in [2.24, 2.45) is 17.3 Å². The van der Waals surface area contributed by atoms with E-state index in [1.807, 2.05) is 27.7 Å². The largest absolute Gasteiger partial charge is 0.443 e. The second-order valence-electron chi connectivity index (χ2n) is 7.86. The van der Waals surface area contributed by atoms with Crippen molar-refractivity contribution in [3.8, 4) is 0 Å². The Bertz CT molecular complexity index is 639. The van der Waals surface area contributed by atoms with Gasteiger partial charge < -0.3 is 4.74 Å². The van der Waals surface area contributed by atoms with E-state index in [1.165, 1.54) is 5.57 Å². The van der Waals surface area contributed by atoms with Crippen LogP contribution in [0.4, 0.5) is 0 Å². The molecule has 24 heavy (non-hydrogen) atoms. The first-order chi connectivity index (χ1) is 11.2. The number of hydrogen-bond donors (Lipinski definition) is 0. The molecule has 1 aliphatic heterocycles. The van der Waals surface area contributed by atoms with E-state index in [0.717, 1.165) is 17.7 Å². The predicted molar refractivity (Wildman–Crippen MR) is 88.5 cm³/mol. The van der Waals surface area contributed by atoms with Gasteiger partial charge in [-0.05, 0) is 50.9 Å². The van der Waals surface area contributed by atoms with Gasteiger partial charge in [0, 0.05) is 11.1 Å². The van der Waals surface area contributed by atoms with Crippen molar-refractivity contribution in [2.75, 3.05) is 6.73 Å². The van der Waals surface area contributed by atoms with Crippen LogP contribution < -0.4 is 0 Å². The molecule has 0 N–H and O–H groups in total. The van der Waals surface area contributed by atoms with E-state index in [-0.39, 0.29) is 41.8 Å². The fourth-order valence-electron chi connectivity index (χ4n) is 3.93. The van der Waals surface area contributed by atoms with Crippen LogP contribution in [0.3, 0.4) is 0 Å². The average Bonchev–Trinajstić information content (AvgIpc) is 2.96. The van der Waals surface area contributed by atoms with Gasteiger partial charge in [0.25, 0.3) is 11.8 Å². The molecule has 0 aromatic rings. The molecule has 1 heterocycles. The van der Waals surface area contributed by atoms with E-state index < -0.39 is 0 Å². The minimum Gasteiger partial charge on any atom is -0.443 e. The summed E-state index contributed by atoms with van der Waals surface area (Å²) in [7, 11) is 0. The van der Waals surface area contributed by atoms with Crippen LogP contribution in [0.25, 0.3) is 0 Å². The Kier molecular flexibility index (Phi) is 4.14. The first kappa shape index (κ1) is 16.9. The lowest BCUT2D eigenvalue weighted by Crippen LogP contribution is -2.35. The Hall–Kier alpha value is -1.91. The van der Waals surface area contributed by atoms with Gasteiger partial charge in [0.05, 0.1) is 5.92 Å². The topological polar surface area (TPSA) is 63.7 Å². The van der Waals surface area contributed by atoms with Crippen molar-refractivity contribution in [1.82, 2.24) is 4.90 Å². The molecule has 0 saturated heterocycles. The molecule has 0 radical (unpaired) electrons. The molecule has 2 amide bonds. The summed E-state index contributed by atoms with van der Waals surface area (Å²) < 4.78 is 5.33. The summed E-state index contributed by atoms with van der Waals surface area (Å²) in [6, 6.07) is 0. The second kappa shape index (κ2) is 5.87. The highest BCUT2D eigenvalue weighted by molar-refractivity contribution is 6.19. The zero-order chi connectivity index (χ0) is 17.6. The first-order valence-corrected chi connectivity index (χ1v) is 8.65. The van der Waals surface area contributed by atoms with Crippen molar-refractivity contribution >= 4 is 17.8 Å². The van der Waals surface area contributed by atoms with Gasteiger partial charge in [-0.2, -0.15) is 0 Å². The summed E-state index contributed by atoms with van der Waals surface area (Å²) in [5.74, 6) is -0.932. The lowest BCUT2D eigenvalue weighted by atomic mass is 9.93. The summed E-state index contributed by atoms with van der Waals surface area (Å²) in [6.07, 6.45) is 5.28. The van der Waals surface area contributed by atoms with Crippen LogP contribution in [0.1, 0.15) is 53.4 Å². The molecule has 0 unspecified atom stereocenters. The SMILES string of the molecule is CC(C)=C[C@@H]1[C@@H](C(=O)OCN2C(=O)C3=C(CCCC3)C2=O)C1(C)C. The number of ether oxygens (including phenoxy) is 1. The van der Waals surface area contributed by atoms with Crippen LogP contribution in [0.5, 0.6) is 0 Å². The number of carbonyl (C=O) groups excluding carboxylic acids is 3. The van der Waals surface area contributed by atoms with Crippen LogP contribution in [-0.4, -0.2) is 29.4 Å². The molecule has 3 aliphatic rings. The molecule has 130 valence electrons. The standard InChI is InChI=1S/C19H25NO4/c1-11(2)9-14-15(19(14,3)4)18(23)24-10-20-16(21)12-7-5-6-8-13(12)17(20)22/h9,14-15H,5-8,10H2,1-4H3/t14-,15+/m1/s1. The third-order valence-electron chi connectivity index (χ3n) is 5.49. The molecule has 5 nitrogen and oxygen atoms in total. The molecule has 2 atom stereocenters. The van der Waals surface area contributed by atoms with Crippen LogP contribution >= 0.6 is 0 Å². The average molecular weight is 331 g/mol. The van der Waals surface area contributed by atoms with Crippen molar-refractivity contribution in [3.63, 3.8) is 0 Å². The Morgan fingerprint density at radius 2 is 1.71 bits per heavy atom. The minimum atomic E-state index is -0.326. The number of esters is 1. The summed E-state index contributed by atoms with van der Waals surface area (Å²) in [4.78, 5) is 38.1. The van der Waals surface area contributed by atoms with Gasteiger partial charge in [-0.25, -0.2) is 4.90 Å². The van der Waals surface area contributed by atoms with Crippen LogP contribution in [-0.2, 0) is 19.1 Å². The molecule has 0 bridgehead atoms. The highest BCUT2D eigenvalue weighted by atomic mass is 16.5. The Morgan fingerprint density at radius 1 is 1.17 bits per heavy atom. The Labute approximate surface area is 142 Å². The lowest BCUT2D eigenvalue weighted by Gasteiger charge is -2.15. The number of hydrogen-bond acceptors (Lipinski definition) is 4. The van der Waals surface area contributed by atoms with Crippen molar-refractivity contribution < 1.29 is 19.1 Å². The fourth-order valence-corrected chi connectivity index (χ4v) is 3.93. The molecule has 0 aromatic carbocycles. The van der Waals surface area contributed by atoms with Crippen molar-refractivity contribution in [1.29, 1.82) is 0 Å². The van der Waals surface area contributed by atoms with E-state index in [0.29, 0.717) is 24.0 Å².